The van der Waals surface area contributed by atoms with Crippen LogP contribution >= 0.6 is 0 Å². The van der Waals surface area contributed by atoms with Crippen molar-refractivity contribution in [3.8, 4) is 39.9 Å². The molecule has 9 aromatic carbocycles. The molecule has 5 nitrogen and oxygen atoms in total. The van der Waals surface area contributed by atoms with Crippen LogP contribution in [0.15, 0.2) is 186 Å². The molecule has 0 aliphatic carbocycles. The van der Waals surface area contributed by atoms with E-state index < -0.39 is 0 Å². The van der Waals surface area contributed by atoms with Crippen molar-refractivity contribution >= 4 is 76.1 Å². The average Bonchev–Trinajstić information content (AvgIpc) is 3.81. The van der Waals surface area contributed by atoms with E-state index in [2.05, 4.69) is 187 Å². The third kappa shape index (κ3) is 4.78. The van der Waals surface area contributed by atoms with Crippen LogP contribution in [0.1, 0.15) is 0 Å². The highest BCUT2D eigenvalue weighted by Gasteiger charge is 2.18. The lowest BCUT2D eigenvalue weighted by Gasteiger charge is -2.10. The minimum Gasteiger partial charge on any atom is -0.456 e. The van der Waals surface area contributed by atoms with Gasteiger partial charge in [0, 0.05) is 50.0 Å². The van der Waals surface area contributed by atoms with Gasteiger partial charge in [0.25, 0.3) is 0 Å². The number of hydrogen-bond acceptors (Lipinski definition) is 4. The predicted molar refractivity (Wildman–Crippen MR) is 230 cm³/mol. The summed E-state index contributed by atoms with van der Waals surface area (Å²) in [6, 6.07) is 64.0. The standard InChI is InChI=1S/C51H30N4O/c1-3-12-34-27-36(19-17-31(34)9-1)49-52-50(37-20-18-32-10-2-4-13-35(32)28-37)54-51(53-49)38-21-24-41-42-25-23-39(30-47(42)56-46(41)29-38)55-44-16-8-7-15-43(44)48-40-14-6-5-11-33(40)22-26-45(48)55/h1-30H. The summed E-state index contributed by atoms with van der Waals surface area (Å²) in [6.45, 7) is 0. The molecule has 3 heterocycles. The van der Waals surface area contributed by atoms with E-state index in [1.807, 2.05) is 0 Å². The monoisotopic (exact) mass is 714 g/mol. The van der Waals surface area contributed by atoms with Crippen LogP contribution in [0.4, 0.5) is 0 Å². The largest absolute Gasteiger partial charge is 0.456 e. The first-order chi connectivity index (χ1) is 27.7. The van der Waals surface area contributed by atoms with Crippen molar-refractivity contribution in [3.05, 3.63) is 182 Å². The number of furan rings is 1. The van der Waals surface area contributed by atoms with Gasteiger partial charge in [0.1, 0.15) is 11.2 Å². The molecular formula is C51H30N4O. The molecule has 56 heavy (non-hydrogen) atoms. The van der Waals surface area contributed by atoms with Crippen molar-refractivity contribution in [2.24, 2.45) is 0 Å². The van der Waals surface area contributed by atoms with Gasteiger partial charge in [-0.1, -0.05) is 127 Å². The number of hydrogen-bond donors (Lipinski definition) is 0. The Morgan fingerprint density at radius 3 is 1.52 bits per heavy atom. The summed E-state index contributed by atoms with van der Waals surface area (Å²) in [5.41, 5.74) is 7.72. The Kier molecular flexibility index (Phi) is 6.56. The van der Waals surface area contributed by atoms with Crippen LogP contribution in [0.5, 0.6) is 0 Å². The van der Waals surface area contributed by atoms with Crippen molar-refractivity contribution in [1.29, 1.82) is 0 Å². The van der Waals surface area contributed by atoms with Crippen LogP contribution in [0.3, 0.4) is 0 Å². The summed E-state index contributed by atoms with van der Waals surface area (Å²) < 4.78 is 9.04. The number of rotatable bonds is 4. The molecule has 0 unspecified atom stereocenters. The maximum Gasteiger partial charge on any atom is 0.164 e. The highest BCUT2D eigenvalue weighted by Crippen LogP contribution is 2.39. The van der Waals surface area contributed by atoms with Gasteiger partial charge in [0.2, 0.25) is 0 Å². The minimum atomic E-state index is 0.590. The maximum absolute atomic E-state index is 6.69. The van der Waals surface area contributed by atoms with Crippen molar-refractivity contribution in [1.82, 2.24) is 19.5 Å². The minimum absolute atomic E-state index is 0.590. The van der Waals surface area contributed by atoms with Gasteiger partial charge < -0.3 is 8.98 Å². The molecule has 0 fully saturated rings. The van der Waals surface area contributed by atoms with Crippen molar-refractivity contribution in [2.75, 3.05) is 0 Å². The lowest BCUT2D eigenvalue weighted by molar-refractivity contribution is 0.668. The number of nitrogens with zero attached hydrogens (tertiary/aromatic N) is 4. The van der Waals surface area contributed by atoms with E-state index in [9.17, 15) is 0 Å². The molecule has 0 amide bonds. The van der Waals surface area contributed by atoms with E-state index in [-0.39, 0.29) is 0 Å². The van der Waals surface area contributed by atoms with Crippen molar-refractivity contribution in [2.45, 2.75) is 0 Å². The lowest BCUT2D eigenvalue weighted by atomic mass is 10.0. The molecule has 0 spiro atoms. The van der Waals surface area contributed by atoms with Crippen LogP contribution in [0.2, 0.25) is 0 Å². The predicted octanol–water partition coefficient (Wildman–Crippen LogP) is 13.3. The molecule has 0 saturated heterocycles. The second kappa shape index (κ2) is 11.9. The molecule has 0 aliphatic rings. The Bertz CT molecular complexity index is 3460. The first-order valence-electron chi connectivity index (χ1n) is 18.8. The van der Waals surface area contributed by atoms with E-state index in [4.69, 9.17) is 19.4 Å². The zero-order chi connectivity index (χ0) is 36.7. The maximum atomic E-state index is 6.69. The molecule has 0 atom stereocenters. The van der Waals surface area contributed by atoms with Gasteiger partial charge in [-0.05, 0) is 80.8 Å². The number of fused-ring (bicyclic) bond motifs is 10. The summed E-state index contributed by atoms with van der Waals surface area (Å²) in [5.74, 6) is 1.83. The summed E-state index contributed by atoms with van der Waals surface area (Å²) >= 11 is 0. The third-order valence-electron chi connectivity index (χ3n) is 11.2. The SMILES string of the molecule is c1ccc2cc(-c3nc(-c4ccc5ccccc5c4)nc(-c4ccc5c(c4)oc4cc(-n6c7ccccc7c7c8ccccc8ccc76)ccc45)n3)ccc2c1. The van der Waals surface area contributed by atoms with E-state index in [0.29, 0.717) is 17.5 Å². The molecule has 0 saturated carbocycles. The fourth-order valence-corrected chi connectivity index (χ4v) is 8.48. The van der Waals surface area contributed by atoms with Gasteiger partial charge in [0.05, 0.1) is 11.0 Å². The summed E-state index contributed by atoms with van der Waals surface area (Å²) in [4.78, 5) is 15.2. The van der Waals surface area contributed by atoms with E-state index in [1.165, 1.54) is 37.8 Å². The smallest absolute Gasteiger partial charge is 0.164 e. The van der Waals surface area contributed by atoms with Gasteiger partial charge in [-0.2, -0.15) is 0 Å². The normalized spacial score (nSPS) is 11.9. The number of benzene rings is 9. The first kappa shape index (κ1) is 30.8. The topological polar surface area (TPSA) is 56.7 Å². The van der Waals surface area contributed by atoms with Crippen LogP contribution in [0.25, 0.3) is 116 Å². The highest BCUT2D eigenvalue weighted by molar-refractivity contribution is 6.21. The Labute approximate surface area is 320 Å². The molecule has 3 aromatic heterocycles. The van der Waals surface area contributed by atoms with Gasteiger partial charge in [0.15, 0.2) is 17.5 Å². The van der Waals surface area contributed by atoms with Gasteiger partial charge in [-0.15, -0.1) is 0 Å². The third-order valence-corrected chi connectivity index (χ3v) is 11.2. The van der Waals surface area contributed by atoms with Gasteiger partial charge >= 0.3 is 0 Å². The fourth-order valence-electron chi connectivity index (χ4n) is 8.48. The number of para-hydroxylation sites is 1. The molecule has 12 rings (SSSR count). The van der Waals surface area contributed by atoms with Gasteiger partial charge in [-0.3, -0.25) is 0 Å². The van der Waals surface area contributed by atoms with Crippen molar-refractivity contribution in [3.63, 3.8) is 0 Å². The van der Waals surface area contributed by atoms with Gasteiger partial charge in [-0.25, -0.2) is 15.0 Å². The van der Waals surface area contributed by atoms with E-state index in [1.54, 1.807) is 0 Å². The zero-order valence-electron chi connectivity index (χ0n) is 30.0. The highest BCUT2D eigenvalue weighted by atomic mass is 16.3. The Hall–Kier alpha value is -7.63. The molecule has 260 valence electrons. The second-order valence-electron chi connectivity index (χ2n) is 14.5. The van der Waals surface area contributed by atoms with Crippen LogP contribution in [-0.4, -0.2) is 19.5 Å². The summed E-state index contributed by atoms with van der Waals surface area (Å²) in [5, 5.41) is 11.7. The van der Waals surface area contributed by atoms with Crippen LogP contribution in [0, 0.1) is 0 Å². The molecule has 0 N–H and O–H groups in total. The van der Waals surface area contributed by atoms with Crippen molar-refractivity contribution < 1.29 is 4.42 Å². The first-order valence-corrected chi connectivity index (χ1v) is 18.8. The molecule has 0 aliphatic heterocycles. The Morgan fingerprint density at radius 2 is 0.839 bits per heavy atom. The average molecular weight is 715 g/mol. The lowest BCUT2D eigenvalue weighted by Crippen LogP contribution is -2.00. The van der Waals surface area contributed by atoms with Crippen LogP contribution in [-0.2, 0) is 0 Å². The molecular weight excluding hydrogens is 685 g/mol. The molecule has 12 aromatic rings. The zero-order valence-corrected chi connectivity index (χ0v) is 30.0. The Morgan fingerprint density at radius 1 is 0.339 bits per heavy atom. The summed E-state index contributed by atoms with van der Waals surface area (Å²) in [6.07, 6.45) is 0. The van der Waals surface area contributed by atoms with Crippen LogP contribution < -0.4 is 0 Å². The quantitative estimate of drug-likeness (QED) is 0.182. The summed E-state index contributed by atoms with van der Waals surface area (Å²) in [7, 11) is 0. The second-order valence-corrected chi connectivity index (χ2v) is 14.5. The molecule has 5 heteroatoms. The van der Waals surface area contributed by atoms with E-state index in [0.717, 1.165) is 60.6 Å². The number of aromatic nitrogens is 4. The molecule has 0 radical (unpaired) electrons. The van der Waals surface area contributed by atoms with E-state index >= 15 is 0 Å². The fraction of sp³-hybridized carbons (Fsp3) is 0. The molecule has 0 bridgehead atoms. The Balaban J connectivity index is 1.01.